The number of hydrogen-bond acceptors (Lipinski definition) is 2. The van der Waals surface area contributed by atoms with Crippen LogP contribution in [0.4, 0.5) is 0 Å². The van der Waals surface area contributed by atoms with Crippen LogP contribution >= 0.6 is 0 Å². The van der Waals surface area contributed by atoms with Gasteiger partial charge in [-0.2, -0.15) is 0 Å². The number of aldehydes is 1. The van der Waals surface area contributed by atoms with E-state index in [0.717, 1.165) is 23.2 Å². The van der Waals surface area contributed by atoms with Crippen molar-refractivity contribution in [2.45, 2.75) is 32.6 Å². The van der Waals surface area contributed by atoms with E-state index in [2.05, 4.69) is 30.2 Å². The molecular weight excluding hydrogens is 200 g/mol. The van der Waals surface area contributed by atoms with Gasteiger partial charge in [-0.15, -0.1) is 0 Å². The van der Waals surface area contributed by atoms with Crippen LogP contribution in [0.1, 0.15) is 32.2 Å². The van der Waals surface area contributed by atoms with Crippen molar-refractivity contribution in [3.63, 3.8) is 0 Å². The van der Waals surface area contributed by atoms with Gasteiger partial charge in [0.25, 0.3) is 0 Å². The molecule has 0 atom stereocenters. The highest BCUT2D eigenvalue weighted by molar-refractivity contribution is 5.56. The molecule has 0 bridgehead atoms. The van der Waals surface area contributed by atoms with E-state index in [1.165, 1.54) is 0 Å². The number of rotatable bonds is 2. The Kier molecular flexibility index (Phi) is 2.54. The highest BCUT2D eigenvalue weighted by Gasteiger charge is 2.19. The van der Waals surface area contributed by atoms with Crippen molar-refractivity contribution in [2.24, 2.45) is 0 Å². The highest BCUT2D eigenvalue weighted by atomic mass is 16.1. The number of aromatic nitrogens is 2. The van der Waals surface area contributed by atoms with Crippen LogP contribution in [0.25, 0.3) is 5.52 Å². The number of nitrogens with zero attached hydrogens (tertiary/aromatic N) is 2. The van der Waals surface area contributed by atoms with Crippen molar-refractivity contribution in [1.29, 1.82) is 0 Å². The molecule has 2 aromatic heterocycles. The fraction of sp³-hybridized carbons (Fsp3) is 0.385. The van der Waals surface area contributed by atoms with Crippen LogP contribution in [-0.4, -0.2) is 15.7 Å². The zero-order valence-electron chi connectivity index (χ0n) is 9.90. The van der Waals surface area contributed by atoms with Crippen molar-refractivity contribution < 1.29 is 4.79 Å². The number of pyridine rings is 1. The lowest BCUT2D eigenvalue weighted by molar-refractivity contribution is -0.107. The van der Waals surface area contributed by atoms with E-state index in [9.17, 15) is 4.79 Å². The zero-order chi connectivity index (χ0) is 11.8. The van der Waals surface area contributed by atoms with Crippen LogP contribution in [0.2, 0.25) is 0 Å². The normalized spacial score (nSPS) is 11.9. The summed E-state index contributed by atoms with van der Waals surface area (Å²) in [6, 6.07) is 3.97. The first-order valence-corrected chi connectivity index (χ1v) is 5.42. The quantitative estimate of drug-likeness (QED) is 0.722. The second kappa shape index (κ2) is 3.74. The first-order valence-electron chi connectivity index (χ1n) is 5.42. The van der Waals surface area contributed by atoms with Crippen molar-refractivity contribution in [3.05, 3.63) is 35.9 Å². The Morgan fingerprint density at radius 1 is 1.38 bits per heavy atom. The average Bonchev–Trinajstić information content (AvgIpc) is 2.60. The molecule has 0 spiro atoms. The monoisotopic (exact) mass is 216 g/mol. The second-order valence-corrected chi connectivity index (χ2v) is 5.03. The Morgan fingerprint density at radius 3 is 2.75 bits per heavy atom. The van der Waals surface area contributed by atoms with Crippen molar-refractivity contribution >= 4 is 11.8 Å². The van der Waals surface area contributed by atoms with Gasteiger partial charge in [0.1, 0.15) is 12.1 Å². The predicted molar refractivity (Wildman–Crippen MR) is 63.7 cm³/mol. The summed E-state index contributed by atoms with van der Waals surface area (Å²) in [4.78, 5) is 14.9. The van der Waals surface area contributed by atoms with Gasteiger partial charge in [0.05, 0.1) is 11.7 Å². The van der Waals surface area contributed by atoms with Gasteiger partial charge in [-0.05, 0) is 11.6 Å². The van der Waals surface area contributed by atoms with Crippen LogP contribution in [0.3, 0.4) is 0 Å². The molecule has 0 aliphatic heterocycles. The minimum Gasteiger partial charge on any atom is -0.303 e. The fourth-order valence-corrected chi connectivity index (χ4v) is 1.81. The third-order valence-corrected chi connectivity index (χ3v) is 2.58. The van der Waals surface area contributed by atoms with E-state index in [4.69, 9.17) is 0 Å². The van der Waals surface area contributed by atoms with Crippen LogP contribution in [0.15, 0.2) is 24.5 Å². The van der Waals surface area contributed by atoms with Gasteiger partial charge in [-0.3, -0.25) is 0 Å². The number of carbonyl (C=O) groups excluding carboxylic acids is 1. The van der Waals surface area contributed by atoms with Gasteiger partial charge in [0.15, 0.2) is 0 Å². The second-order valence-electron chi connectivity index (χ2n) is 5.03. The van der Waals surface area contributed by atoms with Gasteiger partial charge in [0, 0.05) is 18.0 Å². The smallest absolute Gasteiger partial charge is 0.124 e. The Hall–Kier alpha value is -1.64. The van der Waals surface area contributed by atoms with Gasteiger partial charge < -0.3 is 9.20 Å². The molecule has 0 aliphatic carbocycles. The summed E-state index contributed by atoms with van der Waals surface area (Å²) in [7, 11) is 0. The molecule has 0 radical (unpaired) electrons. The summed E-state index contributed by atoms with van der Waals surface area (Å²) in [5, 5.41) is 0. The Bertz CT molecular complexity index is 520. The molecule has 0 amide bonds. The SMILES string of the molecule is CC(C)(C)c1ncc2ccc(CC=O)cn12. The molecule has 0 aromatic carbocycles. The molecule has 3 heteroatoms. The van der Waals surface area contributed by atoms with E-state index in [0.29, 0.717) is 6.42 Å². The summed E-state index contributed by atoms with van der Waals surface area (Å²) in [5.41, 5.74) is 2.09. The molecule has 2 heterocycles. The lowest BCUT2D eigenvalue weighted by atomic mass is 9.96. The summed E-state index contributed by atoms with van der Waals surface area (Å²) < 4.78 is 2.07. The summed E-state index contributed by atoms with van der Waals surface area (Å²) in [6.45, 7) is 6.40. The summed E-state index contributed by atoms with van der Waals surface area (Å²) >= 11 is 0. The molecule has 2 aromatic rings. The maximum absolute atomic E-state index is 10.5. The number of carbonyl (C=O) groups is 1. The third kappa shape index (κ3) is 1.85. The predicted octanol–water partition coefficient (Wildman–Crippen LogP) is 2.37. The maximum atomic E-state index is 10.5. The van der Waals surface area contributed by atoms with E-state index in [-0.39, 0.29) is 5.41 Å². The van der Waals surface area contributed by atoms with Gasteiger partial charge in [-0.25, -0.2) is 4.98 Å². The molecule has 0 fully saturated rings. The molecule has 84 valence electrons. The van der Waals surface area contributed by atoms with E-state index in [1.807, 2.05) is 24.5 Å². The van der Waals surface area contributed by atoms with Crippen LogP contribution in [0.5, 0.6) is 0 Å². The first kappa shape index (κ1) is 10.9. The third-order valence-electron chi connectivity index (χ3n) is 2.58. The Labute approximate surface area is 95.1 Å². The largest absolute Gasteiger partial charge is 0.303 e. The molecule has 2 rings (SSSR count). The lowest BCUT2D eigenvalue weighted by Gasteiger charge is -2.17. The molecule has 0 N–H and O–H groups in total. The van der Waals surface area contributed by atoms with Crippen molar-refractivity contribution in [3.8, 4) is 0 Å². The Morgan fingerprint density at radius 2 is 2.12 bits per heavy atom. The fourth-order valence-electron chi connectivity index (χ4n) is 1.81. The first-order chi connectivity index (χ1) is 7.52. The van der Waals surface area contributed by atoms with Gasteiger partial charge in [0.2, 0.25) is 0 Å². The number of hydrogen-bond donors (Lipinski definition) is 0. The van der Waals surface area contributed by atoms with Gasteiger partial charge >= 0.3 is 0 Å². The van der Waals surface area contributed by atoms with Crippen LogP contribution in [0, 0.1) is 0 Å². The molecule has 3 nitrogen and oxygen atoms in total. The van der Waals surface area contributed by atoms with E-state index in [1.54, 1.807) is 0 Å². The highest BCUT2D eigenvalue weighted by Crippen LogP contribution is 2.22. The molecule has 0 saturated carbocycles. The zero-order valence-corrected chi connectivity index (χ0v) is 9.90. The average molecular weight is 216 g/mol. The van der Waals surface area contributed by atoms with Crippen LogP contribution in [-0.2, 0) is 16.6 Å². The Balaban J connectivity index is 2.60. The van der Waals surface area contributed by atoms with E-state index < -0.39 is 0 Å². The summed E-state index contributed by atoms with van der Waals surface area (Å²) in [5.74, 6) is 1.02. The standard InChI is InChI=1S/C13H16N2O/c1-13(2,3)12-14-8-11-5-4-10(6-7-16)9-15(11)12/h4-5,7-9H,6H2,1-3H3. The molecular formula is C13H16N2O. The molecule has 16 heavy (non-hydrogen) atoms. The minimum absolute atomic E-state index is 0.00617. The molecule has 0 aliphatic rings. The van der Waals surface area contributed by atoms with Crippen molar-refractivity contribution in [1.82, 2.24) is 9.38 Å². The van der Waals surface area contributed by atoms with E-state index >= 15 is 0 Å². The lowest BCUT2D eigenvalue weighted by Crippen LogP contribution is -2.16. The maximum Gasteiger partial charge on any atom is 0.124 e. The minimum atomic E-state index is 0.00617. The molecule has 0 saturated heterocycles. The number of imidazole rings is 1. The summed E-state index contributed by atoms with van der Waals surface area (Å²) in [6.07, 6.45) is 5.25. The molecule has 0 unspecified atom stereocenters. The van der Waals surface area contributed by atoms with Crippen LogP contribution < -0.4 is 0 Å². The topological polar surface area (TPSA) is 34.4 Å². The van der Waals surface area contributed by atoms with Gasteiger partial charge in [-0.1, -0.05) is 26.8 Å². The van der Waals surface area contributed by atoms with Crippen molar-refractivity contribution in [2.75, 3.05) is 0 Å². The number of fused-ring (bicyclic) bond motifs is 1.